The number of aromatic amines is 1. The molecule has 0 radical (unpaired) electrons. The number of nitrogens with zero attached hydrogens (tertiary/aromatic N) is 9. The SMILES string of the molecule is C=C(C)c1nn2nc(C(C)CN3C(=O)CC(C)C3=O)nc2c1=Cc1c(C(C)(C)C)[nH]n2nc(C(C)CN3C(=O)CC(C)C3=O)nc12. The number of carbonyl (C=O) groups excluding carboxylic acids is 4. The highest BCUT2D eigenvalue weighted by atomic mass is 16.2. The Labute approximate surface area is 265 Å². The molecule has 4 amide bonds. The highest BCUT2D eigenvalue weighted by molar-refractivity contribution is 6.04. The van der Waals surface area contributed by atoms with Crippen molar-refractivity contribution in [3.8, 4) is 0 Å². The number of hydrogen-bond donors (Lipinski definition) is 1. The van der Waals surface area contributed by atoms with Gasteiger partial charge in [0, 0.05) is 65.8 Å². The highest BCUT2D eigenvalue weighted by Gasteiger charge is 2.38. The molecule has 6 heterocycles. The Kier molecular flexibility index (Phi) is 7.44. The molecular formula is C32H40N10O4. The summed E-state index contributed by atoms with van der Waals surface area (Å²) >= 11 is 0. The van der Waals surface area contributed by atoms with Gasteiger partial charge in [0.15, 0.2) is 22.9 Å². The van der Waals surface area contributed by atoms with Crippen LogP contribution in [0.3, 0.4) is 0 Å². The van der Waals surface area contributed by atoms with Crippen molar-refractivity contribution in [1.82, 2.24) is 49.4 Å². The maximum Gasteiger partial charge on any atom is 0.232 e. The maximum atomic E-state index is 12.5. The minimum atomic E-state index is -0.318. The molecule has 2 saturated heterocycles. The van der Waals surface area contributed by atoms with E-state index >= 15 is 0 Å². The standard InChI is InChI=1S/C32H40N10O4/c1-15(2)24-20(28-33-26(37-41(28)35-24)18(5)13-39-22(43)10-16(3)30(39)45)12-21-25(32(7,8)9)36-42-29(21)34-27(38-42)19(6)14-40-23(44)11-17(4)31(40)46/h12,16-19,36H,1,10-11,13-14H2,2-9H3. The number of hydrogen-bond acceptors (Lipinski definition) is 9. The molecule has 0 saturated carbocycles. The molecule has 4 atom stereocenters. The van der Waals surface area contributed by atoms with Crippen LogP contribution in [-0.4, -0.2) is 86.1 Å². The monoisotopic (exact) mass is 628 g/mol. The fraction of sp³-hybridized carbons (Fsp3) is 0.531. The average molecular weight is 629 g/mol. The fourth-order valence-electron chi connectivity index (χ4n) is 6.18. The van der Waals surface area contributed by atoms with E-state index < -0.39 is 0 Å². The van der Waals surface area contributed by atoms with E-state index in [0.717, 1.165) is 16.8 Å². The van der Waals surface area contributed by atoms with Gasteiger partial charge in [0.05, 0.1) is 11.4 Å². The summed E-state index contributed by atoms with van der Waals surface area (Å²) < 4.78 is 3.10. The first kappa shape index (κ1) is 31.2. The molecule has 4 aromatic rings. The Balaban J connectivity index is 1.42. The first-order valence-corrected chi connectivity index (χ1v) is 15.7. The summed E-state index contributed by atoms with van der Waals surface area (Å²) in [6.45, 7) is 20.0. The number of carbonyl (C=O) groups is 4. The molecule has 2 aliphatic rings. The molecule has 14 heteroatoms. The second-order valence-electron chi connectivity index (χ2n) is 14.0. The molecule has 1 N–H and O–H groups in total. The average Bonchev–Trinajstić information content (AvgIpc) is 3.78. The van der Waals surface area contributed by atoms with Gasteiger partial charge >= 0.3 is 0 Å². The van der Waals surface area contributed by atoms with Gasteiger partial charge in [0.25, 0.3) is 0 Å². The van der Waals surface area contributed by atoms with Gasteiger partial charge in [0.2, 0.25) is 23.6 Å². The second-order valence-corrected chi connectivity index (χ2v) is 14.0. The van der Waals surface area contributed by atoms with Crippen LogP contribution in [0.15, 0.2) is 6.58 Å². The Morgan fingerprint density at radius 3 is 1.89 bits per heavy atom. The van der Waals surface area contributed by atoms with E-state index in [9.17, 15) is 19.2 Å². The van der Waals surface area contributed by atoms with Crippen LogP contribution < -0.4 is 5.22 Å². The molecular weight excluding hydrogens is 588 g/mol. The molecule has 0 bridgehead atoms. The molecule has 0 aromatic carbocycles. The maximum absolute atomic E-state index is 12.5. The molecule has 4 aromatic heterocycles. The van der Waals surface area contributed by atoms with Crippen molar-refractivity contribution in [3.63, 3.8) is 0 Å². The number of amides is 4. The van der Waals surface area contributed by atoms with Gasteiger partial charge in [-0.2, -0.15) is 4.63 Å². The first-order chi connectivity index (χ1) is 21.5. The van der Waals surface area contributed by atoms with Gasteiger partial charge in [-0.25, -0.2) is 9.97 Å². The zero-order chi connectivity index (χ0) is 33.4. The number of aromatic nitrogens is 8. The minimum absolute atomic E-state index is 0.166. The third kappa shape index (κ3) is 5.18. The van der Waals surface area contributed by atoms with Crippen LogP contribution >= 0.6 is 0 Å². The van der Waals surface area contributed by atoms with E-state index in [1.165, 1.54) is 14.4 Å². The number of H-pyrrole nitrogens is 1. The molecule has 242 valence electrons. The van der Waals surface area contributed by atoms with Crippen molar-refractivity contribution in [2.75, 3.05) is 13.1 Å². The summed E-state index contributed by atoms with van der Waals surface area (Å²) in [5, 5.41) is 18.1. The molecule has 14 nitrogen and oxygen atoms in total. The summed E-state index contributed by atoms with van der Waals surface area (Å²) in [7, 11) is 0. The Morgan fingerprint density at radius 1 is 0.891 bits per heavy atom. The molecule has 2 aliphatic heterocycles. The Morgan fingerprint density at radius 2 is 1.41 bits per heavy atom. The van der Waals surface area contributed by atoms with Gasteiger partial charge in [-0.05, 0) is 18.6 Å². The number of rotatable bonds is 8. The van der Waals surface area contributed by atoms with E-state index in [2.05, 4.69) is 37.5 Å². The Bertz CT molecular complexity index is 1990. The summed E-state index contributed by atoms with van der Waals surface area (Å²) in [5.41, 5.74) is 3.81. The molecule has 4 unspecified atom stereocenters. The largest absolute Gasteiger partial charge is 0.282 e. The van der Waals surface area contributed by atoms with Crippen LogP contribution in [0.25, 0.3) is 22.9 Å². The van der Waals surface area contributed by atoms with Crippen molar-refractivity contribution in [1.29, 1.82) is 0 Å². The van der Waals surface area contributed by atoms with Crippen molar-refractivity contribution in [2.45, 2.75) is 85.5 Å². The van der Waals surface area contributed by atoms with Gasteiger partial charge in [-0.3, -0.25) is 34.1 Å². The van der Waals surface area contributed by atoms with Gasteiger partial charge < -0.3 is 0 Å². The lowest BCUT2D eigenvalue weighted by Crippen LogP contribution is -2.34. The quantitative estimate of drug-likeness (QED) is 0.289. The van der Waals surface area contributed by atoms with E-state index in [4.69, 9.17) is 20.2 Å². The van der Waals surface area contributed by atoms with Gasteiger partial charge in [-0.1, -0.05) is 55.0 Å². The number of allylic oxidation sites excluding steroid dienone is 1. The van der Waals surface area contributed by atoms with Crippen molar-refractivity contribution < 1.29 is 19.2 Å². The lowest BCUT2D eigenvalue weighted by Gasteiger charge is -2.18. The number of likely N-dealkylation sites (tertiary alicyclic amines) is 2. The molecule has 2 fully saturated rings. The third-order valence-corrected chi connectivity index (χ3v) is 8.83. The smallest absolute Gasteiger partial charge is 0.232 e. The normalized spacial score (nSPS) is 21.2. The van der Waals surface area contributed by atoms with Crippen LogP contribution in [-0.2, 0) is 24.6 Å². The number of fused-ring (bicyclic) bond motifs is 2. The van der Waals surface area contributed by atoms with E-state index in [-0.39, 0.29) is 78.6 Å². The zero-order valence-electron chi connectivity index (χ0n) is 27.6. The summed E-state index contributed by atoms with van der Waals surface area (Å²) in [5.74, 6) is -0.931. The third-order valence-electron chi connectivity index (χ3n) is 8.83. The summed E-state index contributed by atoms with van der Waals surface area (Å²) in [6.07, 6.45) is 2.41. The Hall–Kier alpha value is -4.75. The van der Waals surface area contributed by atoms with Crippen LogP contribution in [0.5, 0.6) is 0 Å². The van der Waals surface area contributed by atoms with Crippen molar-refractivity contribution in [3.05, 3.63) is 40.4 Å². The molecule has 0 spiro atoms. The highest BCUT2D eigenvalue weighted by Crippen LogP contribution is 2.30. The first-order valence-electron chi connectivity index (χ1n) is 15.7. The molecule has 46 heavy (non-hydrogen) atoms. The predicted molar refractivity (Wildman–Crippen MR) is 168 cm³/mol. The van der Waals surface area contributed by atoms with Crippen LogP contribution in [0.1, 0.15) is 109 Å². The van der Waals surface area contributed by atoms with Crippen LogP contribution in [0, 0.1) is 11.8 Å². The fourth-order valence-corrected chi connectivity index (χ4v) is 6.18. The van der Waals surface area contributed by atoms with E-state index in [1.807, 2.05) is 26.8 Å². The van der Waals surface area contributed by atoms with E-state index in [0.29, 0.717) is 33.9 Å². The van der Waals surface area contributed by atoms with Gasteiger partial charge in [-0.15, -0.1) is 19.9 Å². The summed E-state index contributed by atoms with van der Waals surface area (Å²) in [4.78, 5) is 62.2. The van der Waals surface area contributed by atoms with Crippen molar-refractivity contribution in [2.24, 2.45) is 11.8 Å². The topological polar surface area (TPSA) is 164 Å². The van der Waals surface area contributed by atoms with E-state index in [1.54, 1.807) is 18.5 Å². The number of nitrogens with one attached hydrogen (secondary N) is 1. The molecule has 6 rings (SSSR count). The summed E-state index contributed by atoms with van der Waals surface area (Å²) in [6, 6.07) is 0. The van der Waals surface area contributed by atoms with Crippen LogP contribution in [0.2, 0.25) is 0 Å². The van der Waals surface area contributed by atoms with Crippen molar-refractivity contribution >= 4 is 46.6 Å². The zero-order valence-corrected chi connectivity index (χ0v) is 27.6. The lowest BCUT2D eigenvalue weighted by molar-refractivity contribution is -0.141. The lowest BCUT2D eigenvalue weighted by atomic mass is 9.89. The van der Waals surface area contributed by atoms with Gasteiger partial charge in [0.1, 0.15) is 0 Å². The second kappa shape index (κ2) is 11.0. The number of imide groups is 2. The minimum Gasteiger partial charge on any atom is -0.282 e. The predicted octanol–water partition coefficient (Wildman–Crippen LogP) is 2.37. The van der Waals surface area contributed by atoms with Crippen LogP contribution in [0.4, 0.5) is 0 Å². The molecule has 0 aliphatic carbocycles.